The number of hydrogen-bond donors (Lipinski definition) is 1. The predicted molar refractivity (Wildman–Crippen MR) is 124 cm³/mol. The van der Waals surface area contributed by atoms with Gasteiger partial charge in [0.05, 0.1) is 18.1 Å². The van der Waals surface area contributed by atoms with Crippen molar-refractivity contribution in [3.8, 4) is 11.4 Å². The van der Waals surface area contributed by atoms with Gasteiger partial charge in [-0.25, -0.2) is 9.97 Å². The maximum Gasteiger partial charge on any atom is 0.159 e. The van der Waals surface area contributed by atoms with E-state index in [1.165, 1.54) is 37.5 Å². The lowest BCUT2D eigenvalue weighted by Crippen LogP contribution is -1.91. The van der Waals surface area contributed by atoms with Crippen LogP contribution in [0.25, 0.3) is 11.4 Å². The van der Waals surface area contributed by atoms with Gasteiger partial charge in [-0.1, -0.05) is 42.5 Å². The molecule has 5 rings (SSSR count). The maximum atomic E-state index is 10.3. The van der Waals surface area contributed by atoms with Crippen molar-refractivity contribution in [2.24, 2.45) is 11.8 Å². The van der Waals surface area contributed by atoms with E-state index in [0.29, 0.717) is 47.1 Å². The number of benzene rings is 2. The summed E-state index contributed by atoms with van der Waals surface area (Å²) in [5.41, 5.74) is 8.07. The van der Waals surface area contributed by atoms with Crippen LogP contribution in [0.2, 0.25) is 0 Å². The van der Waals surface area contributed by atoms with Gasteiger partial charge in [0.25, 0.3) is 0 Å². The van der Waals surface area contributed by atoms with Gasteiger partial charge < -0.3 is 5.73 Å². The molecule has 0 radical (unpaired) electrons. The average Bonchev–Trinajstić information content (AvgIpc) is 3.52. The van der Waals surface area contributed by atoms with Crippen molar-refractivity contribution < 1.29 is 14.4 Å². The Labute approximate surface area is 187 Å². The smallest absolute Gasteiger partial charge is 0.159 e. The van der Waals surface area contributed by atoms with E-state index in [9.17, 15) is 14.4 Å². The van der Waals surface area contributed by atoms with Gasteiger partial charge in [0.15, 0.2) is 5.82 Å². The monoisotopic (exact) mass is 427 g/mol. The van der Waals surface area contributed by atoms with Crippen molar-refractivity contribution in [1.82, 2.24) is 9.97 Å². The number of nitrogen functional groups attached to an aromatic ring is 1. The first-order valence-corrected chi connectivity index (χ1v) is 10.4. The van der Waals surface area contributed by atoms with Crippen molar-refractivity contribution in [2.75, 3.05) is 5.73 Å². The van der Waals surface area contributed by atoms with Crippen molar-refractivity contribution in [1.29, 1.82) is 0 Å². The van der Waals surface area contributed by atoms with Crippen LogP contribution >= 0.6 is 0 Å². The van der Waals surface area contributed by atoms with E-state index in [-0.39, 0.29) is 0 Å². The van der Waals surface area contributed by atoms with Gasteiger partial charge in [-0.05, 0) is 49.3 Å². The van der Waals surface area contributed by atoms with Gasteiger partial charge in [-0.2, -0.15) is 0 Å². The fourth-order valence-electron chi connectivity index (χ4n) is 3.70. The SMILES string of the molecule is C1=CC2CCC1C2.Nc1cnc(-c2ccccc2)nc1.O=Cc1cc(C=O)cc(C=O)c1. The highest BCUT2D eigenvalue weighted by molar-refractivity contribution is 5.87. The lowest BCUT2D eigenvalue weighted by atomic mass is 10.1. The third kappa shape index (κ3) is 6.54. The van der Waals surface area contributed by atoms with Crippen LogP contribution in [0.3, 0.4) is 0 Å². The van der Waals surface area contributed by atoms with Gasteiger partial charge in [0, 0.05) is 22.3 Å². The molecule has 2 N–H and O–H groups in total. The summed E-state index contributed by atoms with van der Waals surface area (Å²) in [5.74, 6) is 2.68. The summed E-state index contributed by atoms with van der Waals surface area (Å²) in [6.45, 7) is 0. The summed E-state index contributed by atoms with van der Waals surface area (Å²) in [4.78, 5) is 39.2. The van der Waals surface area contributed by atoms with E-state index >= 15 is 0 Å². The molecule has 162 valence electrons. The number of fused-ring (bicyclic) bond motifs is 2. The molecule has 0 spiro atoms. The minimum Gasteiger partial charge on any atom is -0.396 e. The van der Waals surface area contributed by atoms with Gasteiger partial charge in [0.1, 0.15) is 18.9 Å². The second kappa shape index (κ2) is 11.5. The molecule has 2 aliphatic rings. The number of nitrogens with zero attached hydrogens (tertiary/aromatic N) is 2. The number of aromatic nitrogens is 2. The van der Waals surface area contributed by atoms with Crippen molar-refractivity contribution in [3.63, 3.8) is 0 Å². The molecular formula is C26H25N3O3. The van der Waals surface area contributed by atoms with Crippen LogP contribution in [0.4, 0.5) is 5.69 Å². The summed E-state index contributed by atoms with van der Waals surface area (Å²) in [6.07, 6.45) is 14.2. The molecule has 2 unspecified atom stereocenters. The Kier molecular flexibility index (Phi) is 8.15. The predicted octanol–water partition coefficient (Wildman–Crippen LogP) is 4.82. The van der Waals surface area contributed by atoms with Gasteiger partial charge in [0.2, 0.25) is 0 Å². The van der Waals surface area contributed by atoms with Crippen molar-refractivity contribution in [3.05, 3.63) is 89.8 Å². The Morgan fingerprint density at radius 1 is 0.750 bits per heavy atom. The van der Waals surface area contributed by atoms with Gasteiger partial charge in [-0.3, -0.25) is 14.4 Å². The van der Waals surface area contributed by atoms with Crippen LogP contribution in [0, 0.1) is 11.8 Å². The Morgan fingerprint density at radius 3 is 1.56 bits per heavy atom. The lowest BCUT2D eigenvalue weighted by molar-refractivity contribution is 0.112. The molecule has 1 aromatic heterocycles. The van der Waals surface area contributed by atoms with Crippen LogP contribution in [0.15, 0.2) is 73.1 Å². The molecule has 2 bridgehead atoms. The van der Waals surface area contributed by atoms with Crippen LogP contribution in [-0.4, -0.2) is 28.8 Å². The molecule has 6 nitrogen and oxygen atoms in total. The van der Waals surface area contributed by atoms with E-state index in [4.69, 9.17) is 5.73 Å². The normalized spacial score (nSPS) is 17.4. The molecule has 1 saturated carbocycles. The topological polar surface area (TPSA) is 103 Å². The number of nitrogens with two attached hydrogens (primary N) is 1. The second-order valence-corrected chi connectivity index (χ2v) is 7.71. The molecule has 3 aromatic rings. The number of carbonyl (C=O) groups excluding carboxylic acids is 3. The molecular weight excluding hydrogens is 402 g/mol. The molecule has 32 heavy (non-hydrogen) atoms. The fraction of sp³-hybridized carbons (Fsp3) is 0.192. The first-order chi connectivity index (χ1) is 15.6. The Hall–Kier alpha value is -3.93. The molecule has 0 saturated heterocycles. The zero-order valence-electron chi connectivity index (χ0n) is 17.6. The number of aldehydes is 3. The zero-order valence-corrected chi connectivity index (χ0v) is 17.6. The van der Waals surface area contributed by atoms with E-state index in [0.717, 1.165) is 17.4 Å². The van der Waals surface area contributed by atoms with Crippen LogP contribution in [-0.2, 0) is 0 Å². The number of rotatable bonds is 4. The van der Waals surface area contributed by atoms with E-state index in [1.54, 1.807) is 12.4 Å². The highest BCUT2D eigenvalue weighted by Crippen LogP contribution is 2.38. The van der Waals surface area contributed by atoms with Gasteiger partial charge >= 0.3 is 0 Å². The second-order valence-electron chi connectivity index (χ2n) is 7.71. The number of allylic oxidation sites excluding steroid dienone is 2. The molecule has 0 amide bonds. The average molecular weight is 428 g/mol. The molecule has 6 heteroatoms. The summed E-state index contributed by atoms with van der Waals surface area (Å²) < 4.78 is 0. The molecule has 2 aliphatic carbocycles. The van der Waals surface area contributed by atoms with E-state index in [2.05, 4.69) is 22.1 Å². The molecule has 2 atom stereocenters. The molecule has 2 aromatic carbocycles. The quantitative estimate of drug-likeness (QED) is 0.473. The maximum absolute atomic E-state index is 10.3. The van der Waals surface area contributed by atoms with Gasteiger partial charge in [-0.15, -0.1) is 0 Å². The minimum absolute atomic E-state index is 0.335. The van der Waals surface area contributed by atoms with Crippen LogP contribution in [0.5, 0.6) is 0 Å². The number of carbonyl (C=O) groups is 3. The summed E-state index contributed by atoms with van der Waals surface area (Å²) in [6, 6.07) is 14.1. The summed E-state index contributed by atoms with van der Waals surface area (Å²) in [7, 11) is 0. The first kappa shape index (κ1) is 22.7. The molecule has 0 aliphatic heterocycles. The zero-order chi connectivity index (χ0) is 22.8. The first-order valence-electron chi connectivity index (χ1n) is 10.4. The molecule has 1 fully saturated rings. The Balaban J connectivity index is 0.000000141. The Morgan fingerprint density at radius 2 is 1.22 bits per heavy atom. The fourth-order valence-corrected chi connectivity index (χ4v) is 3.70. The van der Waals surface area contributed by atoms with E-state index < -0.39 is 0 Å². The largest absolute Gasteiger partial charge is 0.396 e. The van der Waals surface area contributed by atoms with Crippen LogP contribution in [0.1, 0.15) is 50.3 Å². The van der Waals surface area contributed by atoms with Crippen molar-refractivity contribution in [2.45, 2.75) is 19.3 Å². The highest BCUT2D eigenvalue weighted by atomic mass is 16.1. The van der Waals surface area contributed by atoms with E-state index in [1.807, 2.05) is 30.3 Å². The standard InChI is InChI=1S/C10H9N3.C9H6O3.C7H10/c11-9-6-12-10(13-7-9)8-4-2-1-3-5-8;10-4-7-1-8(5-11)3-9(2-7)6-12;1-2-7-4-3-6(1)5-7/h1-7H,11H2;1-6H;1-2,6-7H,3-5H2. The third-order valence-electron chi connectivity index (χ3n) is 5.28. The number of hydrogen-bond acceptors (Lipinski definition) is 6. The molecule has 1 heterocycles. The number of anilines is 1. The van der Waals surface area contributed by atoms with Crippen molar-refractivity contribution >= 4 is 24.5 Å². The lowest BCUT2D eigenvalue weighted by Gasteiger charge is -1.98. The minimum atomic E-state index is 0.335. The summed E-state index contributed by atoms with van der Waals surface area (Å²) >= 11 is 0. The third-order valence-corrected chi connectivity index (χ3v) is 5.28. The summed E-state index contributed by atoms with van der Waals surface area (Å²) in [5, 5.41) is 0. The Bertz CT molecular complexity index is 1000. The highest BCUT2D eigenvalue weighted by Gasteiger charge is 2.25. The van der Waals surface area contributed by atoms with Crippen LogP contribution < -0.4 is 5.73 Å².